The van der Waals surface area contributed by atoms with Crippen LogP contribution in [0.1, 0.15) is 26.2 Å². The van der Waals surface area contributed by atoms with E-state index in [4.69, 9.17) is 13.9 Å². The number of unbranched alkanes of at least 4 members (excludes halogenated alkanes) is 1. The van der Waals surface area contributed by atoms with Gasteiger partial charge in [-0.15, -0.1) is 0 Å². The van der Waals surface area contributed by atoms with Crippen molar-refractivity contribution < 1.29 is 13.9 Å². The molecule has 3 atom stereocenters. The average Bonchev–Trinajstić information content (AvgIpc) is 3.36. The van der Waals surface area contributed by atoms with Crippen LogP contribution in [0.2, 0.25) is 83.1 Å². The van der Waals surface area contributed by atoms with Crippen molar-refractivity contribution >= 4 is 33.3 Å². The number of ether oxygens (including phenoxy) is 2. The SMILES string of the molecule is C[SiH](CC[Si](C)(C)CO[Si](C)(C)C)CC(C)(CCCCOCC1CO1)C[Si](C)(C)C. The van der Waals surface area contributed by atoms with Crippen LogP contribution in [-0.4, -0.2) is 65.4 Å². The molecule has 0 N–H and O–H groups in total. The van der Waals surface area contributed by atoms with Crippen LogP contribution in [0.15, 0.2) is 0 Å². The zero-order chi connectivity index (χ0) is 23.1. The number of rotatable bonds is 17. The standard InChI is InChI=1S/C23H54O3Si4/c1-23(20-28(3,4)5,13-11-12-14-24-17-22-18-25-22)19-27(2)15-16-30(9,10)21-26-29(6,7)8/h22,27H,11-21H2,1-10H3. The Balaban J connectivity index is 2.45. The number of epoxide rings is 1. The Morgan fingerprint density at radius 1 is 1.03 bits per heavy atom. The highest BCUT2D eigenvalue weighted by atomic mass is 28.4. The van der Waals surface area contributed by atoms with Crippen LogP contribution in [0, 0.1) is 5.41 Å². The molecule has 1 heterocycles. The molecule has 0 aromatic carbocycles. The van der Waals surface area contributed by atoms with Gasteiger partial charge in [0.05, 0.1) is 21.3 Å². The van der Waals surface area contributed by atoms with Gasteiger partial charge in [-0.3, -0.25) is 0 Å². The fourth-order valence-electron chi connectivity index (χ4n) is 4.74. The number of hydrogen-bond donors (Lipinski definition) is 0. The van der Waals surface area contributed by atoms with Gasteiger partial charge in [0, 0.05) is 29.7 Å². The summed E-state index contributed by atoms with van der Waals surface area (Å²) in [6.45, 7) is 27.6. The van der Waals surface area contributed by atoms with Gasteiger partial charge >= 0.3 is 0 Å². The molecule has 1 saturated heterocycles. The summed E-state index contributed by atoms with van der Waals surface area (Å²) in [6.07, 6.45) is 5.38. The Morgan fingerprint density at radius 3 is 2.20 bits per heavy atom. The van der Waals surface area contributed by atoms with Crippen molar-refractivity contribution in [3.8, 4) is 0 Å². The van der Waals surface area contributed by atoms with Gasteiger partial charge in [0.1, 0.15) is 6.10 Å². The molecule has 1 rings (SSSR count). The van der Waals surface area contributed by atoms with E-state index in [2.05, 4.69) is 65.8 Å². The van der Waals surface area contributed by atoms with Crippen LogP contribution < -0.4 is 0 Å². The molecule has 0 amide bonds. The average molecular weight is 491 g/mol. The van der Waals surface area contributed by atoms with E-state index < -0.39 is 33.3 Å². The van der Waals surface area contributed by atoms with Crippen molar-refractivity contribution in [3.05, 3.63) is 0 Å². The molecule has 0 saturated carbocycles. The van der Waals surface area contributed by atoms with E-state index in [0.717, 1.165) is 26.1 Å². The van der Waals surface area contributed by atoms with Crippen molar-refractivity contribution in [2.45, 2.75) is 115 Å². The van der Waals surface area contributed by atoms with Crippen molar-refractivity contribution in [3.63, 3.8) is 0 Å². The molecule has 1 aliphatic heterocycles. The molecular formula is C23H54O3Si4. The summed E-state index contributed by atoms with van der Waals surface area (Å²) in [7, 11) is -4.35. The van der Waals surface area contributed by atoms with Gasteiger partial charge in [-0.1, -0.05) is 76.8 Å². The number of hydrogen-bond acceptors (Lipinski definition) is 3. The molecule has 30 heavy (non-hydrogen) atoms. The minimum Gasteiger partial charge on any atom is -0.421 e. The van der Waals surface area contributed by atoms with Gasteiger partial charge in [-0.05, 0) is 37.9 Å². The van der Waals surface area contributed by atoms with Gasteiger partial charge in [0.25, 0.3) is 0 Å². The first-order chi connectivity index (χ1) is 13.6. The predicted octanol–water partition coefficient (Wildman–Crippen LogP) is 6.87. The second kappa shape index (κ2) is 12.3. The summed E-state index contributed by atoms with van der Waals surface area (Å²) in [4.78, 5) is 0. The molecule has 0 spiro atoms. The summed E-state index contributed by atoms with van der Waals surface area (Å²) in [6, 6.07) is 5.98. The van der Waals surface area contributed by atoms with E-state index in [0.29, 0.717) is 11.5 Å². The van der Waals surface area contributed by atoms with Gasteiger partial charge < -0.3 is 13.9 Å². The largest absolute Gasteiger partial charge is 0.421 e. The quantitative estimate of drug-likeness (QED) is 0.127. The summed E-state index contributed by atoms with van der Waals surface area (Å²) in [5, 5.41) is 0. The summed E-state index contributed by atoms with van der Waals surface area (Å²) in [5.74, 6) is 0. The maximum atomic E-state index is 6.30. The first-order valence-electron chi connectivity index (χ1n) is 12.4. The Labute approximate surface area is 193 Å². The minimum atomic E-state index is -1.38. The second-order valence-corrected chi connectivity index (χ2v) is 31.8. The predicted molar refractivity (Wildman–Crippen MR) is 145 cm³/mol. The molecule has 0 bridgehead atoms. The van der Waals surface area contributed by atoms with Crippen molar-refractivity contribution in [1.82, 2.24) is 0 Å². The lowest BCUT2D eigenvalue weighted by atomic mass is 9.89. The Morgan fingerprint density at radius 2 is 1.67 bits per heavy atom. The van der Waals surface area contributed by atoms with Gasteiger partial charge in [0.2, 0.25) is 0 Å². The minimum absolute atomic E-state index is 0.401. The van der Waals surface area contributed by atoms with E-state index >= 15 is 0 Å². The third-order valence-corrected chi connectivity index (χ3v) is 15.3. The molecule has 1 fully saturated rings. The fourth-order valence-corrected chi connectivity index (χ4v) is 18.7. The zero-order valence-electron chi connectivity index (χ0n) is 22.2. The molecule has 0 aromatic rings. The molecule has 3 nitrogen and oxygen atoms in total. The maximum Gasteiger partial charge on any atom is 0.183 e. The van der Waals surface area contributed by atoms with Crippen molar-refractivity contribution in [2.75, 3.05) is 26.1 Å². The molecule has 1 aliphatic rings. The maximum absolute atomic E-state index is 6.30. The Hall–Kier alpha value is 0.748. The van der Waals surface area contributed by atoms with Crippen LogP contribution in [0.5, 0.6) is 0 Å². The highest BCUT2D eigenvalue weighted by molar-refractivity contribution is 6.80. The summed E-state index contributed by atoms with van der Waals surface area (Å²) < 4.78 is 17.3. The summed E-state index contributed by atoms with van der Waals surface area (Å²) >= 11 is 0. The molecule has 180 valence electrons. The Kier molecular flexibility index (Phi) is 11.8. The fraction of sp³-hybridized carbons (Fsp3) is 1.00. The van der Waals surface area contributed by atoms with Gasteiger partial charge in [-0.25, -0.2) is 0 Å². The van der Waals surface area contributed by atoms with Crippen LogP contribution in [-0.2, 0) is 13.9 Å². The van der Waals surface area contributed by atoms with Crippen LogP contribution in [0.25, 0.3) is 0 Å². The van der Waals surface area contributed by atoms with Gasteiger partial charge in [0.15, 0.2) is 8.32 Å². The van der Waals surface area contributed by atoms with Gasteiger partial charge in [-0.2, -0.15) is 0 Å². The summed E-state index contributed by atoms with van der Waals surface area (Å²) in [5.41, 5.74) is 0.552. The lowest BCUT2D eigenvalue weighted by Crippen LogP contribution is -2.40. The van der Waals surface area contributed by atoms with Crippen molar-refractivity contribution in [1.29, 1.82) is 0 Å². The first kappa shape index (κ1) is 28.8. The smallest absolute Gasteiger partial charge is 0.183 e. The zero-order valence-corrected chi connectivity index (χ0v) is 26.3. The lowest BCUT2D eigenvalue weighted by molar-refractivity contribution is 0.111. The molecule has 7 heteroatoms. The van der Waals surface area contributed by atoms with E-state index in [1.807, 2.05) is 0 Å². The molecule has 0 aliphatic carbocycles. The third-order valence-electron chi connectivity index (χ3n) is 6.03. The van der Waals surface area contributed by atoms with E-state index in [1.165, 1.54) is 43.4 Å². The topological polar surface area (TPSA) is 31.0 Å². The van der Waals surface area contributed by atoms with Crippen LogP contribution >= 0.6 is 0 Å². The normalized spacial score (nSPS) is 20.8. The van der Waals surface area contributed by atoms with Crippen LogP contribution in [0.4, 0.5) is 0 Å². The second-order valence-electron chi connectivity index (χ2n) is 13.4. The molecule has 3 unspecified atom stereocenters. The van der Waals surface area contributed by atoms with E-state index in [-0.39, 0.29) is 0 Å². The van der Waals surface area contributed by atoms with E-state index in [1.54, 1.807) is 0 Å². The monoisotopic (exact) mass is 490 g/mol. The van der Waals surface area contributed by atoms with Crippen LogP contribution in [0.3, 0.4) is 0 Å². The first-order valence-corrected chi connectivity index (χ1v) is 25.7. The lowest BCUT2D eigenvalue weighted by Gasteiger charge is -2.37. The molecular weight excluding hydrogens is 437 g/mol. The van der Waals surface area contributed by atoms with Crippen molar-refractivity contribution in [2.24, 2.45) is 5.41 Å². The Bertz CT molecular complexity index is 484. The molecule has 0 radical (unpaired) electrons. The molecule has 0 aromatic heterocycles. The highest BCUT2D eigenvalue weighted by Crippen LogP contribution is 2.40. The van der Waals surface area contributed by atoms with E-state index in [9.17, 15) is 0 Å². The highest BCUT2D eigenvalue weighted by Gasteiger charge is 2.33. The third kappa shape index (κ3) is 15.5.